The van der Waals surface area contributed by atoms with Gasteiger partial charge in [-0.1, -0.05) is 6.07 Å². The summed E-state index contributed by atoms with van der Waals surface area (Å²) in [6.45, 7) is 0. The van der Waals surface area contributed by atoms with Gasteiger partial charge in [0.2, 0.25) is 11.2 Å². The fraction of sp³-hybridized carbons (Fsp3) is 0. The largest absolute Gasteiger partial charge is 0.504 e. The number of para-hydroxylation sites is 1. The van der Waals surface area contributed by atoms with Crippen molar-refractivity contribution in [3.05, 3.63) is 34.2 Å². The summed E-state index contributed by atoms with van der Waals surface area (Å²) in [5, 5.41) is 27.3. The van der Waals surface area contributed by atoms with Gasteiger partial charge in [-0.3, -0.25) is 4.79 Å². The van der Waals surface area contributed by atoms with Crippen LogP contribution in [-0.2, 0) is 0 Å². The zero-order chi connectivity index (χ0) is 11.9. The predicted molar refractivity (Wildman–Crippen MR) is 52.8 cm³/mol. The molecule has 2 aromatic rings. The first-order valence-electron chi connectivity index (χ1n) is 4.23. The van der Waals surface area contributed by atoms with Crippen LogP contribution in [-0.4, -0.2) is 21.3 Å². The Morgan fingerprint density at radius 1 is 1.25 bits per heavy atom. The molecular weight excluding hydrogens is 216 g/mol. The van der Waals surface area contributed by atoms with Gasteiger partial charge in [-0.25, -0.2) is 4.79 Å². The number of rotatable bonds is 1. The average molecular weight is 222 g/mol. The van der Waals surface area contributed by atoms with Crippen molar-refractivity contribution in [1.29, 1.82) is 0 Å². The van der Waals surface area contributed by atoms with Gasteiger partial charge in [0.25, 0.3) is 5.76 Å². The predicted octanol–water partition coefficient (Wildman–Crippen LogP) is 0.902. The van der Waals surface area contributed by atoms with Gasteiger partial charge in [-0.15, -0.1) is 0 Å². The molecule has 1 aromatic heterocycles. The maximum atomic E-state index is 11.5. The molecule has 2 rings (SSSR count). The molecule has 6 nitrogen and oxygen atoms in total. The van der Waals surface area contributed by atoms with Crippen LogP contribution in [0, 0.1) is 0 Å². The number of carboxylic acids is 1. The Labute approximate surface area is 88.0 Å². The summed E-state index contributed by atoms with van der Waals surface area (Å²) in [6, 6.07) is 3.94. The molecule has 16 heavy (non-hydrogen) atoms. The lowest BCUT2D eigenvalue weighted by molar-refractivity contribution is 0.0657. The van der Waals surface area contributed by atoms with Gasteiger partial charge in [0.1, 0.15) is 0 Å². The van der Waals surface area contributed by atoms with Crippen LogP contribution < -0.4 is 5.43 Å². The number of carboxylic acid groups (broad SMARTS) is 1. The first-order chi connectivity index (χ1) is 7.52. The first-order valence-corrected chi connectivity index (χ1v) is 4.23. The Morgan fingerprint density at radius 3 is 2.56 bits per heavy atom. The lowest BCUT2D eigenvalue weighted by atomic mass is 10.2. The highest BCUT2D eigenvalue weighted by molar-refractivity contribution is 5.92. The number of phenols is 1. The van der Waals surface area contributed by atoms with Crippen LogP contribution >= 0.6 is 0 Å². The molecule has 3 N–H and O–H groups in total. The first kappa shape index (κ1) is 10.0. The minimum atomic E-state index is -1.58. The average Bonchev–Trinajstić information content (AvgIpc) is 2.23. The molecule has 0 saturated carbocycles. The number of fused-ring (bicyclic) bond motifs is 1. The summed E-state index contributed by atoms with van der Waals surface area (Å²) in [7, 11) is 0. The highest BCUT2D eigenvalue weighted by Crippen LogP contribution is 2.26. The summed E-state index contributed by atoms with van der Waals surface area (Å²) in [6.07, 6.45) is 0. The van der Waals surface area contributed by atoms with Crippen LogP contribution in [0.25, 0.3) is 11.0 Å². The van der Waals surface area contributed by atoms with E-state index in [1.807, 2.05) is 0 Å². The van der Waals surface area contributed by atoms with Gasteiger partial charge in [0.15, 0.2) is 11.3 Å². The Kier molecular flexibility index (Phi) is 2.05. The van der Waals surface area contributed by atoms with E-state index >= 15 is 0 Å². The maximum Gasteiger partial charge on any atom is 0.375 e. The molecule has 0 unspecified atom stereocenters. The molecule has 0 fully saturated rings. The Hall–Kier alpha value is -2.50. The molecule has 0 spiro atoms. The Balaban J connectivity index is 3.01. The van der Waals surface area contributed by atoms with Gasteiger partial charge < -0.3 is 19.7 Å². The van der Waals surface area contributed by atoms with E-state index < -0.39 is 22.9 Å². The minimum absolute atomic E-state index is 0.0810. The third kappa shape index (κ3) is 1.28. The third-order valence-corrected chi connectivity index (χ3v) is 2.07. The summed E-state index contributed by atoms with van der Waals surface area (Å²) in [5.41, 5.74) is -1.16. The molecule has 0 aliphatic rings. The molecule has 6 heteroatoms. The van der Waals surface area contributed by atoms with E-state index in [2.05, 4.69) is 0 Å². The van der Waals surface area contributed by atoms with E-state index in [1.54, 1.807) is 0 Å². The fourth-order valence-electron chi connectivity index (χ4n) is 1.34. The van der Waals surface area contributed by atoms with Crippen LogP contribution in [0.2, 0.25) is 0 Å². The molecule has 1 aromatic carbocycles. The number of hydrogen-bond donors (Lipinski definition) is 3. The van der Waals surface area contributed by atoms with E-state index in [0.717, 1.165) is 0 Å². The molecule has 0 atom stereocenters. The molecule has 0 bridgehead atoms. The highest BCUT2D eigenvalue weighted by Gasteiger charge is 2.20. The van der Waals surface area contributed by atoms with Gasteiger partial charge in [-0.05, 0) is 12.1 Å². The molecule has 0 amide bonds. The lowest BCUT2D eigenvalue weighted by Crippen LogP contribution is -2.08. The van der Waals surface area contributed by atoms with Crippen molar-refractivity contribution < 1.29 is 24.5 Å². The van der Waals surface area contributed by atoms with E-state index in [9.17, 15) is 19.8 Å². The fourth-order valence-corrected chi connectivity index (χ4v) is 1.34. The Morgan fingerprint density at radius 2 is 1.94 bits per heavy atom. The SMILES string of the molecule is O=C(O)c1oc2c(O)cccc2c(=O)c1O. The van der Waals surface area contributed by atoms with Crippen LogP contribution in [0.3, 0.4) is 0 Å². The summed E-state index contributed by atoms with van der Waals surface area (Å²) < 4.78 is 4.77. The summed E-state index contributed by atoms with van der Waals surface area (Å²) in [4.78, 5) is 22.2. The van der Waals surface area contributed by atoms with Gasteiger partial charge in [-0.2, -0.15) is 0 Å². The molecular formula is C10H6O6. The normalized spacial score (nSPS) is 10.5. The zero-order valence-electron chi connectivity index (χ0n) is 7.80. The smallest absolute Gasteiger partial charge is 0.375 e. The zero-order valence-corrected chi connectivity index (χ0v) is 7.80. The van der Waals surface area contributed by atoms with Crippen LogP contribution in [0.1, 0.15) is 10.6 Å². The topological polar surface area (TPSA) is 108 Å². The van der Waals surface area contributed by atoms with Crippen molar-refractivity contribution >= 4 is 16.9 Å². The standard InChI is InChI=1S/C10H6O6/c11-5-3-1-2-4-6(12)7(13)9(10(14)15)16-8(4)5/h1-3,11,13H,(H,14,15). The van der Waals surface area contributed by atoms with Gasteiger partial charge in [0, 0.05) is 0 Å². The van der Waals surface area contributed by atoms with Crippen molar-refractivity contribution in [2.24, 2.45) is 0 Å². The molecule has 82 valence electrons. The Bertz CT molecular complexity index is 640. The van der Waals surface area contributed by atoms with Crippen LogP contribution in [0.4, 0.5) is 0 Å². The van der Waals surface area contributed by atoms with Crippen molar-refractivity contribution in [1.82, 2.24) is 0 Å². The van der Waals surface area contributed by atoms with Crippen molar-refractivity contribution in [2.75, 3.05) is 0 Å². The lowest BCUT2D eigenvalue weighted by Gasteiger charge is -2.02. The van der Waals surface area contributed by atoms with E-state index in [-0.39, 0.29) is 16.7 Å². The van der Waals surface area contributed by atoms with E-state index in [1.165, 1.54) is 18.2 Å². The highest BCUT2D eigenvalue weighted by atomic mass is 16.4. The molecule has 0 saturated heterocycles. The number of aromatic hydroxyl groups is 2. The van der Waals surface area contributed by atoms with Gasteiger partial charge in [0.05, 0.1) is 5.39 Å². The number of benzene rings is 1. The second-order valence-electron chi connectivity index (χ2n) is 3.07. The number of phenolic OH excluding ortho intramolecular Hbond substituents is 1. The van der Waals surface area contributed by atoms with Crippen molar-refractivity contribution in [2.45, 2.75) is 0 Å². The molecule has 1 heterocycles. The summed E-state index contributed by atoms with van der Waals surface area (Å²) >= 11 is 0. The minimum Gasteiger partial charge on any atom is -0.504 e. The molecule has 0 radical (unpaired) electrons. The van der Waals surface area contributed by atoms with E-state index in [0.29, 0.717) is 0 Å². The monoisotopic (exact) mass is 222 g/mol. The summed E-state index contributed by atoms with van der Waals surface area (Å²) in [5.74, 6) is -3.82. The quantitative estimate of drug-likeness (QED) is 0.661. The molecule has 0 aliphatic heterocycles. The second kappa shape index (κ2) is 3.27. The van der Waals surface area contributed by atoms with Crippen LogP contribution in [0.15, 0.2) is 27.4 Å². The van der Waals surface area contributed by atoms with Crippen molar-refractivity contribution in [3.8, 4) is 11.5 Å². The van der Waals surface area contributed by atoms with E-state index in [4.69, 9.17) is 9.52 Å². The third-order valence-electron chi connectivity index (χ3n) is 2.07. The maximum absolute atomic E-state index is 11.5. The van der Waals surface area contributed by atoms with Crippen molar-refractivity contribution in [3.63, 3.8) is 0 Å². The molecule has 0 aliphatic carbocycles. The number of carbonyl (C=O) groups is 1. The number of aromatic carboxylic acids is 1. The van der Waals surface area contributed by atoms with Gasteiger partial charge >= 0.3 is 5.97 Å². The second-order valence-corrected chi connectivity index (χ2v) is 3.07. The van der Waals surface area contributed by atoms with Crippen LogP contribution in [0.5, 0.6) is 11.5 Å². The number of hydrogen-bond acceptors (Lipinski definition) is 5.